The van der Waals surface area contributed by atoms with Crippen LogP contribution in [0.25, 0.3) is 0 Å². The van der Waals surface area contributed by atoms with Crippen molar-refractivity contribution in [2.45, 2.75) is 40.2 Å². The molecule has 0 saturated heterocycles. The monoisotopic (exact) mass is 401 g/mol. The minimum absolute atomic E-state index is 0.160. The third-order valence-electron chi connectivity index (χ3n) is 4.27. The Balaban J connectivity index is 1.63. The van der Waals surface area contributed by atoms with E-state index in [1.165, 1.54) is 18.3 Å². The summed E-state index contributed by atoms with van der Waals surface area (Å²) in [5.74, 6) is 0.185. The highest BCUT2D eigenvalue weighted by molar-refractivity contribution is 7.15. The number of esters is 1. The Bertz CT molecular complexity index is 889. The van der Waals surface area contributed by atoms with Crippen molar-refractivity contribution in [3.8, 4) is 5.75 Å². The molecular formula is C20H23N3O4S. The van der Waals surface area contributed by atoms with Gasteiger partial charge in [0.15, 0.2) is 5.13 Å². The molecule has 0 fully saturated rings. The summed E-state index contributed by atoms with van der Waals surface area (Å²) in [5, 5.41) is 3.33. The second-order valence-corrected chi connectivity index (χ2v) is 8.21. The lowest BCUT2D eigenvalue weighted by atomic mass is 10.1. The average Bonchev–Trinajstić information content (AvgIpc) is 3.02. The quantitative estimate of drug-likeness (QED) is 0.614. The van der Waals surface area contributed by atoms with Gasteiger partial charge in [-0.2, -0.15) is 0 Å². The average molecular weight is 401 g/mol. The number of nitrogens with zero attached hydrogens (tertiary/aromatic N) is 2. The van der Waals surface area contributed by atoms with E-state index in [0.717, 1.165) is 10.6 Å². The molecule has 0 bridgehead atoms. The normalized spacial score (nSPS) is 13.2. The number of carbonyl (C=O) groups excluding carboxylic acids is 3. The number of anilines is 1. The van der Waals surface area contributed by atoms with E-state index in [0.29, 0.717) is 48.3 Å². The van der Waals surface area contributed by atoms with Crippen molar-refractivity contribution < 1.29 is 19.1 Å². The lowest BCUT2D eigenvalue weighted by Gasteiger charge is -2.26. The molecule has 1 aromatic heterocycles. The number of hydrogen-bond acceptors (Lipinski definition) is 6. The van der Waals surface area contributed by atoms with E-state index in [-0.39, 0.29) is 11.8 Å². The standard InChI is InChI=1S/C20H23N3O4S/c1-12(2)10-18(25)23-9-8-16-17(11-23)28-20(21-16)22-19(26)14-4-6-15(7-5-14)27-13(3)24/h4-7,12H,8-11H2,1-3H3,(H,21,22,26). The van der Waals surface area contributed by atoms with Crippen LogP contribution in [0.5, 0.6) is 5.75 Å². The molecule has 1 aliphatic heterocycles. The lowest BCUT2D eigenvalue weighted by Crippen LogP contribution is -2.36. The van der Waals surface area contributed by atoms with E-state index in [9.17, 15) is 14.4 Å². The molecule has 2 heterocycles. The number of rotatable bonds is 5. The number of carbonyl (C=O) groups is 3. The van der Waals surface area contributed by atoms with E-state index < -0.39 is 5.97 Å². The molecular weight excluding hydrogens is 378 g/mol. The molecule has 1 N–H and O–H groups in total. The van der Waals surface area contributed by atoms with Crippen molar-refractivity contribution in [3.63, 3.8) is 0 Å². The highest BCUT2D eigenvalue weighted by atomic mass is 32.1. The van der Waals surface area contributed by atoms with Crippen LogP contribution in [0.3, 0.4) is 0 Å². The van der Waals surface area contributed by atoms with Gasteiger partial charge in [-0.25, -0.2) is 4.98 Å². The van der Waals surface area contributed by atoms with Gasteiger partial charge in [0.2, 0.25) is 5.91 Å². The predicted octanol–water partition coefficient (Wildman–Crippen LogP) is 3.25. The van der Waals surface area contributed by atoms with Gasteiger partial charge in [-0.3, -0.25) is 19.7 Å². The first-order valence-corrected chi connectivity index (χ1v) is 9.99. The maximum absolute atomic E-state index is 12.4. The number of hydrogen-bond donors (Lipinski definition) is 1. The summed E-state index contributed by atoms with van der Waals surface area (Å²) in [6.45, 7) is 6.60. The van der Waals surface area contributed by atoms with Crippen LogP contribution in [0.2, 0.25) is 0 Å². The maximum atomic E-state index is 12.4. The Kier molecular flexibility index (Phi) is 6.08. The van der Waals surface area contributed by atoms with Crippen molar-refractivity contribution in [1.29, 1.82) is 0 Å². The van der Waals surface area contributed by atoms with Crippen molar-refractivity contribution in [2.75, 3.05) is 11.9 Å². The van der Waals surface area contributed by atoms with Gasteiger partial charge in [-0.15, -0.1) is 0 Å². The summed E-state index contributed by atoms with van der Waals surface area (Å²) in [6.07, 6.45) is 1.24. The molecule has 0 spiro atoms. The van der Waals surface area contributed by atoms with Gasteiger partial charge >= 0.3 is 5.97 Å². The summed E-state index contributed by atoms with van der Waals surface area (Å²) in [5.41, 5.74) is 1.39. The molecule has 0 unspecified atom stereocenters. The zero-order valence-corrected chi connectivity index (χ0v) is 17.0. The highest BCUT2D eigenvalue weighted by Gasteiger charge is 2.25. The molecule has 1 aliphatic rings. The van der Waals surface area contributed by atoms with Gasteiger partial charge < -0.3 is 9.64 Å². The molecule has 28 heavy (non-hydrogen) atoms. The number of aromatic nitrogens is 1. The lowest BCUT2D eigenvalue weighted by molar-refractivity contribution is -0.133. The van der Waals surface area contributed by atoms with Crippen LogP contribution in [0.1, 0.15) is 48.1 Å². The first-order valence-electron chi connectivity index (χ1n) is 9.18. The molecule has 8 heteroatoms. The first-order chi connectivity index (χ1) is 13.3. The molecule has 1 aromatic carbocycles. The molecule has 0 aliphatic carbocycles. The minimum Gasteiger partial charge on any atom is -0.427 e. The zero-order chi connectivity index (χ0) is 20.3. The Morgan fingerprint density at radius 3 is 2.61 bits per heavy atom. The Morgan fingerprint density at radius 1 is 1.25 bits per heavy atom. The molecule has 7 nitrogen and oxygen atoms in total. The zero-order valence-electron chi connectivity index (χ0n) is 16.2. The topological polar surface area (TPSA) is 88.6 Å². The van der Waals surface area contributed by atoms with Gasteiger partial charge in [-0.05, 0) is 30.2 Å². The van der Waals surface area contributed by atoms with Crippen molar-refractivity contribution in [3.05, 3.63) is 40.4 Å². The summed E-state index contributed by atoms with van der Waals surface area (Å²) in [6, 6.07) is 6.32. The Hall–Kier alpha value is -2.74. The number of ether oxygens (including phenoxy) is 1. The van der Waals surface area contributed by atoms with Crippen molar-refractivity contribution in [2.24, 2.45) is 5.92 Å². The predicted molar refractivity (Wildman–Crippen MR) is 106 cm³/mol. The Labute approximate surface area is 167 Å². The van der Waals surface area contributed by atoms with E-state index in [2.05, 4.69) is 10.3 Å². The van der Waals surface area contributed by atoms with Crippen LogP contribution in [-0.4, -0.2) is 34.2 Å². The van der Waals surface area contributed by atoms with Gasteiger partial charge in [0.25, 0.3) is 5.91 Å². The van der Waals surface area contributed by atoms with Crippen molar-refractivity contribution >= 4 is 34.3 Å². The van der Waals surface area contributed by atoms with Gasteiger partial charge in [0.05, 0.1) is 12.2 Å². The highest BCUT2D eigenvalue weighted by Crippen LogP contribution is 2.29. The molecule has 0 radical (unpaired) electrons. The van der Waals surface area contributed by atoms with Crippen LogP contribution in [0.4, 0.5) is 5.13 Å². The molecule has 148 valence electrons. The summed E-state index contributed by atoms with van der Waals surface area (Å²) in [7, 11) is 0. The fourth-order valence-corrected chi connectivity index (χ4v) is 3.97. The molecule has 0 saturated carbocycles. The van der Waals surface area contributed by atoms with E-state index in [1.54, 1.807) is 24.3 Å². The van der Waals surface area contributed by atoms with Crippen LogP contribution in [0.15, 0.2) is 24.3 Å². The number of nitrogens with one attached hydrogen (secondary N) is 1. The number of benzene rings is 1. The van der Waals surface area contributed by atoms with Gasteiger partial charge in [0, 0.05) is 36.8 Å². The molecule has 2 aromatic rings. The molecule has 2 amide bonds. The second-order valence-electron chi connectivity index (χ2n) is 7.12. The fraction of sp³-hybridized carbons (Fsp3) is 0.400. The number of thiazole rings is 1. The van der Waals surface area contributed by atoms with E-state index in [4.69, 9.17) is 4.74 Å². The minimum atomic E-state index is -0.411. The van der Waals surface area contributed by atoms with Crippen LogP contribution < -0.4 is 10.1 Å². The number of amides is 2. The van der Waals surface area contributed by atoms with E-state index in [1.807, 2.05) is 18.7 Å². The van der Waals surface area contributed by atoms with Crippen LogP contribution in [-0.2, 0) is 22.6 Å². The third-order valence-corrected chi connectivity index (χ3v) is 5.26. The van der Waals surface area contributed by atoms with Gasteiger partial charge in [0.1, 0.15) is 5.75 Å². The van der Waals surface area contributed by atoms with Crippen molar-refractivity contribution in [1.82, 2.24) is 9.88 Å². The van der Waals surface area contributed by atoms with Gasteiger partial charge in [-0.1, -0.05) is 25.2 Å². The molecule has 3 rings (SSSR count). The van der Waals surface area contributed by atoms with Crippen LogP contribution >= 0.6 is 11.3 Å². The maximum Gasteiger partial charge on any atom is 0.308 e. The third kappa shape index (κ3) is 4.95. The molecule has 0 atom stereocenters. The smallest absolute Gasteiger partial charge is 0.308 e. The Morgan fingerprint density at radius 2 is 1.96 bits per heavy atom. The second kappa shape index (κ2) is 8.52. The first kappa shape index (κ1) is 20.0. The number of fused-ring (bicyclic) bond motifs is 1. The summed E-state index contributed by atoms with van der Waals surface area (Å²) >= 11 is 1.40. The fourth-order valence-electron chi connectivity index (χ4n) is 2.95. The van der Waals surface area contributed by atoms with E-state index >= 15 is 0 Å². The van der Waals surface area contributed by atoms with Crippen LogP contribution in [0, 0.1) is 5.92 Å². The summed E-state index contributed by atoms with van der Waals surface area (Å²) < 4.78 is 4.96. The SMILES string of the molecule is CC(=O)Oc1ccc(C(=O)Nc2nc3c(s2)CN(C(=O)CC(C)C)CC3)cc1. The summed E-state index contributed by atoms with van der Waals surface area (Å²) in [4.78, 5) is 43.1. The largest absolute Gasteiger partial charge is 0.427 e.